The van der Waals surface area contributed by atoms with Gasteiger partial charge in [-0.3, -0.25) is 14.6 Å². The topological polar surface area (TPSA) is 68.8 Å². The molecule has 1 aliphatic rings. The number of fused-ring (bicyclic) bond motifs is 1. The van der Waals surface area contributed by atoms with Crippen molar-refractivity contribution < 1.29 is 14.6 Å². The molecule has 7 heteroatoms. The lowest BCUT2D eigenvalue weighted by Crippen LogP contribution is -2.48. The Morgan fingerprint density at radius 1 is 1.06 bits per heavy atom. The van der Waals surface area contributed by atoms with Crippen LogP contribution in [0.3, 0.4) is 0 Å². The Morgan fingerprint density at radius 2 is 1.88 bits per heavy atom. The average molecular weight is 462 g/mol. The number of carboxylic acids is 1. The summed E-state index contributed by atoms with van der Waals surface area (Å²) < 4.78 is 5.94. The SMILES string of the molecule is O=C(O)[C@H](c1c[nH]c2cc(OCc3ccccc3)ccc12)N1CCN(Cc2cccs2)CC1. The number of carboxylic acid groups (broad SMARTS) is 1. The summed E-state index contributed by atoms with van der Waals surface area (Å²) in [7, 11) is 0. The van der Waals surface area contributed by atoms with Crippen molar-refractivity contribution in [2.45, 2.75) is 19.2 Å². The molecule has 2 aromatic heterocycles. The highest BCUT2D eigenvalue weighted by atomic mass is 32.1. The zero-order chi connectivity index (χ0) is 22.6. The largest absolute Gasteiger partial charge is 0.489 e. The minimum atomic E-state index is -0.813. The Morgan fingerprint density at radius 3 is 2.61 bits per heavy atom. The number of thiophene rings is 1. The van der Waals surface area contributed by atoms with Gasteiger partial charge in [0, 0.05) is 66.3 Å². The van der Waals surface area contributed by atoms with E-state index in [1.165, 1.54) is 4.88 Å². The van der Waals surface area contributed by atoms with Crippen LogP contribution in [-0.2, 0) is 17.9 Å². The monoisotopic (exact) mass is 461 g/mol. The van der Waals surface area contributed by atoms with E-state index in [1.807, 2.05) is 54.7 Å². The normalized spacial score (nSPS) is 16.1. The van der Waals surface area contributed by atoms with Gasteiger partial charge in [0.15, 0.2) is 0 Å². The Balaban J connectivity index is 1.28. The number of hydrogen-bond donors (Lipinski definition) is 2. The van der Waals surface area contributed by atoms with Crippen molar-refractivity contribution in [1.29, 1.82) is 0 Å². The molecule has 6 nitrogen and oxygen atoms in total. The maximum Gasteiger partial charge on any atom is 0.325 e. The van der Waals surface area contributed by atoms with Crippen molar-refractivity contribution >= 4 is 28.2 Å². The maximum absolute atomic E-state index is 12.3. The summed E-state index contributed by atoms with van der Waals surface area (Å²) in [5.74, 6) is -0.0548. The van der Waals surface area contributed by atoms with Crippen LogP contribution < -0.4 is 4.74 Å². The number of piperazine rings is 1. The second kappa shape index (κ2) is 9.79. The molecule has 1 fully saturated rings. The number of H-pyrrole nitrogens is 1. The van der Waals surface area contributed by atoms with Crippen LogP contribution in [0.25, 0.3) is 10.9 Å². The van der Waals surface area contributed by atoms with Crippen LogP contribution in [0.1, 0.15) is 22.0 Å². The quantitative estimate of drug-likeness (QED) is 0.396. The molecule has 1 aliphatic heterocycles. The Labute approximate surface area is 197 Å². The summed E-state index contributed by atoms with van der Waals surface area (Å²) in [6.45, 7) is 4.61. The van der Waals surface area contributed by atoms with Gasteiger partial charge >= 0.3 is 5.97 Å². The Hall–Kier alpha value is -3.13. The molecule has 0 bridgehead atoms. The van der Waals surface area contributed by atoms with E-state index in [0.29, 0.717) is 6.61 Å². The number of aromatic amines is 1. The Kier molecular flexibility index (Phi) is 6.44. The standard InChI is InChI=1S/C26H27N3O3S/c30-26(31)25(29-12-10-28(11-13-29)17-21-7-4-14-33-21)23-16-27-24-15-20(8-9-22(23)24)32-18-19-5-2-1-3-6-19/h1-9,14-16,25,27H,10-13,17-18H2,(H,30,31)/t25-/m0/s1. The second-order valence-electron chi connectivity index (χ2n) is 8.36. The van der Waals surface area contributed by atoms with Crippen LogP contribution in [0.15, 0.2) is 72.2 Å². The predicted molar refractivity (Wildman–Crippen MR) is 131 cm³/mol. The number of hydrogen-bond acceptors (Lipinski definition) is 5. The molecule has 2 aromatic carbocycles. The predicted octanol–water partition coefficient (Wildman–Crippen LogP) is 4.75. The van der Waals surface area contributed by atoms with Crippen LogP contribution in [0, 0.1) is 0 Å². The summed E-state index contributed by atoms with van der Waals surface area (Å²) in [5.41, 5.74) is 2.80. The van der Waals surface area contributed by atoms with Crippen molar-refractivity contribution in [3.63, 3.8) is 0 Å². The van der Waals surface area contributed by atoms with Crippen molar-refractivity contribution in [2.75, 3.05) is 26.2 Å². The lowest BCUT2D eigenvalue weighted by molar-refractivity contribution is -0.144. The van der Waals surface area contributed by atoms with Crippen molar-refractivity contribution in [3.05, 3.63) is 88.2 Å². The van der Waals surface area contributed by atoms with E-state index in [9.17, 15) is 9.90 Å². The number of aromatic nitrogens is 1. The average Bonchev–Trinajstić information content (AvgIpc) is 3.49. The summed E-state index contributed by atoms with van der Waals surface area (Å²) in [6.07, 6.45) is 1.84. The molecule has 1 saturated heterocycles. The summed E-state index contributed by atoms with van der Waals surface area (Å²) in [6, 6.07) is 19.4. The molecule has 33 heavy (non-hydrogen) atoms. The second-order valence-corrected chi connectivity index (χ2v) is 9.39. The minimum Gasteiger partial charge on any atom is -0.489 e. The molecule has 0 amide bonds. The zero-order valence-electron chi connectivity index (χ0n) is 18.3. The summed E-state index contributed by atoms with van der Waals surface area (Å²) in [4.78, 5) is 21.4. The van der Waals surface area contributed by atoms with Gasteiger partial charge in [0.1, 0.15) is 18.4 Å². The highest BCUT2D eigenvalue weighted by Crippen LogP contribution is 2.32. The number of carbonyl (C=O) groups is 1. The minimum absolute atomic E-state index is 0.493. The van der Waals surface area contributed by atoms with Crippen LogP contribution in [0.2, 0.25) is 0 Å². The fourth-order valence-corrected chi connectivity index (χ4v) is 5.22. The van der Waals surface area contributed by atoms with E-state index in [2.05, 4.69) is 32.3 Å². The van der Waals surface area contributed by atoms with Crippen molar-refractivity contribution in [1.82, 2.24) is 14.8 Å². The first-order valence-corrected chi connectivity index (χ1v) is 12.0. The van der Waals surface area contributed by atoms with E-state index in [-0.39, 0.29) is 0 Å². The highest BCUT2D eigenvalue weighted by Gasteiger charge is 2.32. The van der Waals surface area contributed by atoms with E-state index in [4.69, 9.17) is 4.74 Å². The van der Waals surface area contributed by atoms with E-state index in [0.717, 1.165) is 60.5 Å². The molecule has 5 rings (SSSR count). The van der Waals surface area contributed by atoms with Crippen LogP contribution >= 0.6 is 11.3 Å². The lowest BCUT2D eigenvalue weighted by Gasteiger charge is -2.37. The first-order valence-electron chi connectivity index (χ1n) is 11.2. The Bertz CT molecular complexity index is 1200. The van der Waals surface area contributed by atoms with Gasteiger partial charge in [0.05, 0.1) is 0 Å². The fraction of sp³-hybridized carbons (Fsp3) is 0.269. The molecule has 2 N–H and O–H groups in total. The lowest BCUT2D eigenvalue weighted by atomic mass is 10.0. The van der Waals surface area contributed by atoms with Crippen molar-refractivity contribution in [2.24, 2.45) is 0 Å². The van der Waals surface area contributed by atoms with Crippen LogP contribution in [0.4, 0.5) is 0 Å². The molecular weight excluding hydrogens is 434 g/mol. The van der Waals surface area contributed by atoms with Gasteiger partial charge < -0.3 is 14.8 Å². The number of nitrogens with zero attached hydrogens (tertiary/aromatic N) is 2. The fourth-order valence-electron chi connectivity index (χ4n) is 4.47. The molecule has 0 aliphatic carbocycles. The van der Waals surface area contributed by atoms with Gasteiger partial charge in [0.2, 0.25) is 0 Å². The third-order valence-electron chi connectivity index (χ3n) is 6.19. The highest BCUT2D eigenvalue weighted by molar-refractivity contribution is 7.09. The summed E-state index contributed by atoms with van der Waals surface area (Å²) >= 11 is 1.77. The number of nitrogens with one attached hydrogen (secondary N) is 1. The van der Waals surface area contributed by atoms with Gasteiger partial charge in [0.25, 0.3) is 0 Å². The first-order chi connectivity index (χ1) is 16.2. The van der Waals surface area contributed by atoms with Gasteiger partial charge in [-0.1, -0.05) is 36.4 Å². The van der Waals surface area contributed by atoms with E-state index in [1.54, 1.807) is 11.3 Å². The molecule has 170 valence electrons. The van der Waals surface area contributed by atoms with Gasteiger partial charge in [-0.2, -0.15) is 0 Å². The third-order valence-corrected chi connectivity index (χ3v) is 7.05. The molecule has 3 heterocycles. The third kappa shape index (κ3) is 4.95. The van der Waals surface area contributed by atoms with Crippen molar-refractivity contribution in [3.8, 4) is 5.75 Å². The van der Waals surface area contributed by atoms with Crippen LogP contribution in [-0.4, -0.2) is 52.0 Å². The molecule has 1 atom stereocenters. The van der Waals surface area contributed by atoms with Gasteiger partial charge in [-0.15, -0.1) is 11.3 Å². The van der Waals surface area contributed by atoms with E-state index < -0.39 is 12.0 Å². The smallest absolute Gasteiger partial charge is 0.325 e. The van der Waals surface area contributed by atoms with Crippen LogP contribution in [0.5, 0.6) is 5.75 Å². The molecule has 0 saturated carbocycles. The zero-order valence-corrected chi connectivity index (χ0v) is 19.1. The van der Waals surface area contributed by atoms with Gasteiger partial charge in [-0.25, -0.2) is 0 Å². The molecular formula is C26H27N3O3S. The van der Waals surface area contributed by atoms with Gasteiger partial charge in [-0.05, 0) is 29.1 Å². The number of rotatable bonds is 8. The molecule has 4 aromatic rings. The number of aliphatic carboxylic acids is 1. The molecule has 0 radical (unpaired) electrons. The first kappa shape index (κ1) is 21.7. The molecule has 0 spiro atoms. The number of benzene rings is 2. The maximum atomic E-state index is 12.3. The molecule has 0 unspecified atom stereocenters. The summed E-state index contributed by atoms with van der Waals surface area (Å²) in [5, 5.41) is 13.1. The van der Waals surface area contributed by atoms with E-state index >= 15 is 0 Å². The number of ether oxygens (including phenoxy) is 1.